The van der Waals surface area contributed by atoms with E-state index in [0.29, 0.717) is 10.6 Å². The molecule has 144 valence electrons. The molecule has 1 aromatic carbocycles. The first-order chi connectivity index (χ1) is 13.3. The van der Waals surface area contributed by atoms with Gasteiger partial charge in [0, 0.05) is 37.0 Å². The predicted octanol–water partition coefficient (Wildman–Crippen LogP) is 1.54. The molecule has 10 heteroatoms. The van der Waals surface area contributed by atoms with Crippen LogP contribution in [0.25, 0.3) is 17.5 Å². The van der Waals surface area contributed by atoms with Crippen LogP contribution in [0.1, 0.15) is 11.5 Å². The molecule has 0 N–H and O–H groups in total. The average Bonchev–Trinajstić information content (AvgIpc) is 3.16. The number of carbonyl (C=O) groups excluding carboxylic acids is 1. The van der Waals surface area contributed by atoms with Crippen LogP contribution < -0.4 is 11.2 Å². The maximum atomic E-state index is 12.0. The van der Waals surface area contributed by atoms with Crippen molar-refractivity contribution in [3.05, 3.63) is 73.9 Å². The highest BCUT2D eigenvalue weighted by molar-refractivity contribution is 6.30. The van der Waals surface area contributed by atoms with Gasteiger partial charge in [-0.25, -0.2) is 9.59 Å². The SMILES string of the molecule is Cn1cc(/C=C/C(=O)OCc2nnc(-c3ccc(Cl)cc3)o2)c(=O)n(C)c1=O. The number of hydrogen-bond acceptors (Lipinski definition) is 7. The molecule has 2 aromatic heterocycles. The number of esters is 1. The molecule has 0 saturated heterocycles. The molecule has 0 saturated carbocycles. The van der Waals surface area contributed by atoms with Gasteiger partial charge in [0.1, 0.15) is 0 Å². The Bertz CT molecular complexity index is 1160. The number of aryl methyl sites for hydroxylation is 1. The Morgan fingerprint density at radius 3 is 2.64 bits per heavy atom. The van der Waals surface area contributed by atoms with Crippen LogP contribution in [0.15, 0.2) is 50.5 Å². The first-order valence-corrected chi connectivity index (χ1v) is 8.43. The van der Waals surface area contributed by atoms with E-state index in [0.717, 1.165) is 10.6 Å². The Labute approximate surface area is 163 Å². The summed E-state index contributed by atoms with van der Waals surface area (Å²) >= 11 is 5.83. The molecule has 0 unspecified atom stereocenters. The summed E-state index contributed by atoms with van der Waals surface area (Å²) in [5.41, 5.74) is -0.126. The van der Waals surface area contributed by atoms with E-state index in [9.17, 15) is 14.4 Å². The van der Waals surface area contributed by atoms with Crippen molar-refractivity contribution >= 4 is 23.6 Å². The van der Waals surface area contributed by atoms with E-state index in [1.54, 1.807) is 24.3 Å². The molecular formula is C18H15ClN4O5. The zero-order valence-corrected chi connectivity index (χ0v) is 15.7. The van der Waals surface area contributed by atoms with Gasteiger partial charge in [-0.1, -0.05) is 11.6 Å². The van der Waals surface area contributed by atoms with Crippen molar-refractivity contribution in [3.63, 3.8) is 0 Å². The van der Waals surface area contributed by atoms with Crippen LogP contribution in [0.3, 0.4) is 0 Å². The minimum absolute atomic E-state index is 0.115. The van der Waals surface area contributed by atoms with Crippen LogP contribution in [0.2, 0.25) is 5.02 Å². The minimum atomic E-state index is -0.706. The van der Waals surface area contributed by atoms with Gasteiger partial charge in [-0.05, 0) is 30.3 Å². The minimum Gasteiger partial charge on any atom is -0.452 e. The van der Waals surface area contributed by atoms with Crippen LogP contribution in [-0.4, -0.2) is 25.3 Å². The molecule has 0 fully saturated rings. The quantitative estimate of drug-likeness (QED) is 0.470. The monoisotopic (exact) mass is 402 g/mol. The Morgan fingerprint density at radius 2 is 1.93 bits per heavy atom. The van der Waals surface area contributed by atoms with Gasteiger partial charge in [0.15, 0.2) is 6.61 Å². The molecule has 0 aliphatic carbocycles. The third-order valence-electron chi connectivity index (χ3n) is 3.77. The van der Waals surface area contributed by atoms with Crippen LogP contribution in [0, 0.1) is 0 Å². The Balaban J connectivity index is 1.64. The summed E-state index contributed by atoms with van der Waals surface area (Å²) in [5.74, 6) is -0.321. The highest BCUT2D eigenvalue weighted by Gasteiger charge is 2.10. The number of halogens is 1. The van der Waals surface area contributed by atoms with E-state index in [4.69, 9.17) is 20.8 Å². The van der Waals surface area contributed by atoms with Gasteiger partial charge in [-0.15, -0.1) is 10.2 Å². The topological polar surface area (TPSA) is 109 Å². The van der Waals surface area contributed by atoms with Gasteiger partial charge in [0.2, 0.25) is 5.89 Å². The molecule has 0 aliphatic rings. The number of rotatable bonds is 5. The lowest BCUT2D eigenvalue weighted by Crippen LogP contribution is -2.37. The molecule has 0 aliphatic heterocycles. The average molecular weight is 403 g/mol. The molecule has 0 radical (unpaired) electrons. The summed E-state index contributed by atoms with van der Waals surface area (Å²) in [6.45, 7) is -0.227. The third-order valence-corrected chi connectivity index (χ3v) is 4.02. The van der Waals surface area contributed by atoms with Crippen molar-refractivity contribution < 1.29 is 13.9 Å². The molecule has 2 heterocycles. The van der Waals surface area contributed by atoms with Gasteiger partial charge < -0.3 is 13.7 Å². The smallest absolute Gasteiger partial charge is 0.331 e. The number of benzene rings is 1. The van der Waals surface area contributed by atoms with Crippen molar-refractivity contribution in [3.8, 4) is 11.5 Å². The molecule has 0 bridgehead atoms. The van der Waals surface area contributed by atoms with E-state index in [1.165, 1.54) is 30.9 Å². The summed E-state index contributed by atoms with van der Waals surface area (Å²) in [6.07, 6.45) is 3.69. The van der Waals surface area contributed by atoms with E-state index in [-0.39, 0.29) is 24.0 Å². The molecule has 9 nitrogen and oxygen atoms in total. The first kappa shape index (κ1) is 19.3. The summed E-state index contributed by atoms with van der Waals surface area (Å²) in [4.78, 5) is 35.5. The number of ether oxygens (including phenoxy) is 1. The standard InChI is InChI=1S/C18H15ClN4O5/c1-22-9-12(17(25)23(2)18(22)26)5-8-15(24)27-10-14-20-21-16(28-14)11-3-6-13(19)7-4-11/h3-9H,10H2,1-2H3/b8-5+. The lowest BCUT2D eigenvalue weighted by atomic mass is 10.2. The van der Waals surface area contributed by atoms with Gasteiger partial charge in [0.25, 0.3) is 11.4 Å². The summed E-state index contributed by atoms with van der Waals surface area (Å²) in [7, 11) is 2.86. The largest absolute Gasteiger partial charge is 0.452 e. The predicted molar refractivity (Wildman–Crippen MR) is 100 cm³/mol. The van der Waals surface area contributed by atoms with Gasteiger partial charge >= 0.3 is 11.7 Å². The highest BCUT2D eigenvalue weighted by atomic mass is 35.5. The number of carbonyl (C=O) groups is 1. The molecule has 28 heavy (non-hydrogen) atoms. The molecule has 0 atom stereocenters. The zero-order chi connectivity index (χ0) is 20.3. The van der Waals surface area contributed by atoms with E-state index in [2.05, 4.69) is 10.2 Å². The van der Waals surface area contributed by atoms with Crippen LogP contribution >= 0.6 is 11.6 Å². The number of nitrogens with zero attached hydrogens (tertiary/aromatic N) is 4. The van der Waals surface area contributed by atoms with Crippen molar-refractivity contribution in [2.24, 2.45) is 14.1 Å². The highest BCUT2D eigenvalue weighted by Crippen LogP contribution is 2.20. The van der Waals surface area contributed by atoms with Gasteiger partial charge in [0.05, 0.1) is 5.56 Å². The van der Waals surface area contributed by atoms with Crippen LogP contribution in [0.5, 0.6) is 0 Å². The second-order valence-corrected chi connectivity index (χ2v) is 6.23. The van der Waals surface area contributed by atoms with Crippen molar-refractivity contribution in [2.75, 3.05) is 0 Å². The fraction of sp³-hybridized carbons (Fsp3) is 0.167. The van der Waals surface area contributed by atoms with Gasteiger partial charge in [-0.2, -0.15) is 0 Å². The summed E-state index contributed by atoms with van der Waals surface area (Å²) in [5, 5.41) is 8.27. The lowest BCUT2D eigenvalue weighted by Gasteiger charge is -2.03. The number of aromatic nitrogens is 4. The summed E-state index contributed by atoms with van der Waals surface area (Å²) < 4.78 is 12.6. The Morgan fingerprint density at radius 1 is 1.21 bits per heavy atom. The molecule has 3 aromatic rings. The maximum absolute atomic E-state index is 12.0. The summed E-state index contributed by atoms with van der Waals surface area (Å²) in [6, 6.07) is 6.83. The molecular weight excluding hydrogens is 388 g/mol. The second-order valence-electron chi connectivity index (χ2n) is 5.79. The normalized spacial score (nSPS) is 11.1. The van der Waals surface area contributed by atoms with Crippen LogP contribution in [0.4, 0.5) is 0 Å². The van der Waals surface area contributed by atoms with Gasteiger partial charge in [-0.3, -0.25) is 9.36 Å². The van der Waals surface area contributed by atoms with Crippen LogP contribution in [-0.2, 0) is 30.2 Å². The third kappa shape index (κ3) is 4.26. The molecule has 0 spiro atoms. The van der Waals surface area contributed by atoms with E-state index < -0.39 is 17.2 Å². The fourth-order valence-electron chi connectivity index (χ4n) is 2.31. The zero-order valence-electron chi connectivity index (χ0n) is 15.0. The van der Waals surface area contributed by atoms with E-state index >= 15 is 0 Å². The maximum Gasteiger partial charge on any atom is 0.331 e. The second kappa shape index (κ2) is 8.05. The van der Waals surface area contributed by atoms with Crippen molar-refractivity contribution in [1.29, 1.82) is 0 Å². The Hall–Kier alpha value is -3.46. The molecule has 3 rings (SSSR count). The Kier molecular flexibility index (Phi) is 5.55. The fourth-order valence-corrected chi connectivity index (χ4v) is 2.44. The first-order valence-electron chi connectivity index (χ1n) is 8.05. The van der Waals surface area contributed by atoms with E-state index in [1.807, 2.05) is 0 Å². The van der Waals surface area contributed by atoms with Crippen molar-refractivity contribution in [1.82, 2.24) is 19.3 Å². The lowest BCUT2D eigenvalue weighted by molar-refractivity contribution is -0.139. The number of hydrogen-bond donors (Lipinski definition) is 0. The van der Waals surface area contributed by atoms with Crippen molar-refractivity contribution in [2.45, 2.75) is 6.61 Å². The molecule has 0 amide bonds.